The molecular formula is C50H68N14O16S2. The number of fused-ring (bicyclic) bond motifs is 6. The number of aromatic nitrogens is 2. The Hall–Kier alpha value is -7.90. The van der Waals surface area contributed by atoms with E-state index in [1.165, 1.54) is 23.6 Å². The zero-order chi connectivity index (χ0) is 59.9. The van der Waals surface area contributed by atoms with Crippen LogP contribution in [0.2, 0.25) is 0 Å². The maximum atomic E-state index is 14.1. The third-order valence-corrected chi connectivity index (χ3v) is 16.3. The lowest BCUT2D eigenvalue weighted by Gasteiger charge is -2.29. The quantitative estimate of drug-likeness (QED) is 0.0413. The Morgan fingerprint density at radius 1 is 0.537 bits per heavy atom. The van der Waals surface area contributed by atoms with Gasteiger partial charge in [-0.25, -0.2) is 9.97 Å². The summed E-state index contributed by atoms with van der Waals surface area (Å²) in [6.45, 7) is 8.94. The van der Waals surface area contributed by atoms with Crippen molar-refractivity contribution in [1.82, 2.24) is 72.9 Å². The van der Waals surface area contributed by atoms with E-state index in [1.54, 1.807) is 27.7 Å². The molecule has 0 spiro atoms. The van der Waals surface area contributed by atoms with Crippen LogP contribution in [0.5, 0.6) is 0 Å². The maximum Gasteiger partial charge on any atom is 0.290 e. The zero-order valence-corrected chi connectivity index (χ0v) is 47.5. The Balaban J connectivity index is 1.25. The van der Waals surface area contributed by atoms with Crippen molar-refractivity contribution >= 4 is 105 Å². The van der Waals surface area contributed by atoms with Crippen molar-refractivity contribution in [2.24, 2.45) is 11.8 Å². The first-order chi connectivity index (χ1) is 39.1. The average Bonchev–Trinajstić information content (AvgIpc) is 4.49. The molecule has 4 aliphatic heterocycles. The van der Waals surface area contributed by atoms with Gasteiger partial charge in [-0.1, -0.05) is 62.1 Å². The summed E-state index contributed by atoms with van der Waals surface area (Å²) in [6, 6.07) is -12.8. The molecule has 446 valence electrons. The van der Waals surface area contributed by atoms with Crippen molar-refractivity contribution in [1.29, 1.82) is 0 Å². The van der Waals surface area contributed by atoms with E-state index in [-0.39, 0.29) is 98.1 Å². The summed E-state index contributed by atoms with van der Waals surface area (Å²) in [7, 11) is 1.84. The van der Waals surface area contributed by atoms with Gasteiger partial charge in [-0.2, -0.15) is 0 Å². The van der Waals surface area contributed by atoms with Gasteiger partial charge in [0.2, 0.25) is 71.6 Å². The summed E-state index contributed by atoms with van der Waals surface area (Å²) >= 11 is 0. The van der Waals surface area contributed by atoms with Crippen LogP contribution in [-0.2, 0) is 57.5 Å². The molecule has 6 rings (SSSR count). The number of nitrogens with one attached hydrogen (secondary N) is 10. The first kappa shape index (κ1) is 63.3. The van der Waals surface area contributed by atoms with Crippen molar-refractivity contribution in [3.05, 3.63) is 35.7 Å². The first-order valence-electron chi connectivity index (χ1n) is 26.7. The molecule has 2 fully saturated rings. The van der Waals surface area contributed by atoms with E-state index in [1.807, 2.05) is 0 Å². The molecule has 30 nitrogen and oxygen atoms in total. The fourth-order valence-corrected chi connectivity index (χ4v) is 11.9. The minimum atomic E-state index is -1.48. The predicted octanol–water partition coefficient (Wildman–Crippen LogP) is -3.03. The van der Waals surface area contributed by atoms with Crippen LogP contribution in [0.15, 0.2) is 21.4 Å². The SMILES string of the molecule is CCC[C@@H]1NC(=O)C2C[C@H](C)CN2C(=O)[C@@H](NC=O)CNC(=O)[C@H](CSSC[C@@H]2NC(=O)c3coc(n3)[C@H](C)NC(=O)C(=O)[C@H](CCC)NC(=O)C3C[C@H](C)CN3C(=O)[C@@H](NC=O)CNC2=O)NC(=O)c2coc(n2)[C@H](C)NC(=O)C1=O. The Kier molecular flexibility index (Phi) is 22.5. The largest absolute Gasteiger partial charge is 0.446 e. The van der Waals surface area contributed by atoms with Crippen LogP contribution in [0.25, 0.3) is 0 Å². The number of hydrogen-bond donors (Lipinski definition) is 10. The minimum Gasteiger partial charge on any atom is -0.446 e. The fourth-order valence-electron chi connectivity index (χ4n) is 9.60. The van der Waals surface area contributed by atoms with Gasteiger partial charge >= 0.3 is 0 Å². The Morgan fingerprint density at radius 3 is 1.27 bits per heavy atom. The Bertz CT molecular complexity index is 2590. The summed E-state index contributed by atoms with van der Waals surface area (Å²) in [5.74, 6) is -12.2. The smallest absolute Gasteiger partial charge is 0.290 e. The summed E-state index contributed by atoms with van der Waals surface area (Å²) < 4.78 is 11.0. The van der Waals surface area contributed by atoms with Crippen LogP contribution in [0.1, 0.15) is 125 Å². The predicted molar refractivity (Wildman–Crippen MR) is 288 cm³/mol. The molecule has 12 atom stereocenters. The highest BCUT2D eigenvalue weighted by molar-refractivity contribution is 8.76. The van der Waals surface area contributed by atoms with Crippen molar-refractivity contribution in [3.63, 3.8) is 0 Å². The molecule has 2 aromatic heterocycles. The summed E-state index contributed by atoms with van der Waals surface area (Å²) in [5.41, 5.74) is -0.728. The third kappa shape index (κ3) is 16.0. The Labute approximate surface area is 477 Å². The second-order valence-corrected chi connectivity index (χ2v) is 23.0. The number of ketones is 2. The monoisotopic (exact) mass is 1180 g/mol. The molecule has 2 aromatic rings. The summed E-state index contributed by atoms with van der Waals surface area (Å²) in [4.78, 5) is 200. The van der Waals surface area contributed by atoms with E-state index in [0.29, 0.717) is 12.8 Å². The molecule has 0 aromatic carbocycles. The molecule has 4 bridgehead atoms. The zero-order valence-electron chi connectivity index (χ0n) is 45.9. The van der Waals surface area contributed by atoms with Crippen LogP contribution < -0.4 is 53.2 Å². The number of nitrogens with zero attached hydrogens (tertiary/aromatic N) is 4. The summed E-state index contributed by atoms with van der Waals surface area (Å²) in [5, 5.41) is 25.1. The third-order valence-electron chi connectivity index (χ3n) is 13.9. The van der Waals surface area contributed by atoms with E-state index in [0.717, 1.165) is 34.1 Å². The topological polar surface area (TPSA) is 418 Å². The average molecular weight is 1190 g/mol. The lowest BCUT2D eigenvalue weighted by Crippen LogP contribution is -2.58. The van der Waals surface area contributed by atoms with Gasteiger partial charge in [-0.05, 0) is 51.4 Å². The van der Waals surface area contributed by atoms with Crippen LogP contribution in [-0.4, -0.2) is 189 Å². The van der Waals surface area contributed by atoms with Crippen molar-refractivity contribution < 1.29 is 76.0 Å². The molecule has 82 heavy (non-hydrogen) atoms. The van der Waals surface area contributed by atoms with Gasteiger partial charge in [-0.3, -0.25) is 67.1 Å². The van der Waals surface area contributed by atoms with Gasteiger partial charge in [0, 0.05) is 37.7 Å². The van der Waals surface area contributed by atoms with Crippen LogP contribution in [0.4, 0.5) is 0 Å². The molecule has 32 heteroatoms. The van der Waals surface area contributed by atoms with E-state index < -0.39 is 144 Å². The van der Waals surface area contributed by atoms with Crippen LogP contribution >= 0.6 is 21.6 Å². The molecule has 0 radical (unpaired) electrons. The molecule has 2 unspecified atom stereocenters. The van der Waals surface area contributed by atoms with Gasteiger partial charge in [0.15, 0.2) is 11.4 Å². The van der Waals surface area contributed by atoms with Gasteiger partial charge in [-0.15, -0.1) is 0 Å². The maximum absolute atomic E-state index is 14.1. The standard InChI is InChI=1S/C50H68N14O16S2/c1-7-9-27-37(67)45(75)55-25(5)47-61-31(17-79-47)41(71)59-33(39(69)51-13-29(53-21-65)49(77)63-15-23(3)11-35(63)43(73)57-27)19-81-82-20-34-40(70)52-14-30(54-22-66)50(78)64-16-24(4)12-36(64)44(74)58-28(10-8-2)38(68)46(76)56-26(6)48-62-32(18-80-48)42(72)60-34/h17-18,21-30,33-36H,7-16,19-20H2,1-6H3,(H,51,69)(H,52,70)(H,53,65)(H,54,66)(H,55,75)(H,56,76)(H,57,73)(H,58,74)(H,59,71)(H,60,72)/t23-,24-,25-,26-,27-,28-,29-,30-,33-,34-,35?,36?/m0/s1. The number of oxazole rings is 2. The highest BCUT2D eigenvalue weighted by atomic mass is 33.1. The lowest BCUT2D eigenvalue weighted by atomic mass is 10.0. The molecule has 12 amide bonds. The van der Waals surface area contributed by atoms with Crippen molar-refractivity contribution in [3.8, 4) is 0 Å². The highest BCUT2D eigenvalue weighted by Crippen LogP contribution is 2.27. The molecule has 2 saturated heterocycles. The van der Waals surface area contributed by atoms with E-state index in [2.05, 4.69) is 63.1 Å². The van der Waals surface area contributed by atoms with E-state index >= 15 is 0 Å². The second kappa shape index (κ2) is 29.2. The molecule has 4 aliphatic rings. The van der Waals surface area contributed by atoms with Gasteiger partial charge in [0.05, 0.1) is 12.1 Å². The lowest BCUT2D eigenvalue weighted by molar-refractivity contribution is -0.143. The number of carbonyl (C=O) groups is 14. The highest BCUT2D eigenvalue weighted by Gasteiger charge is 2.44. The van der Waals surface area contributed by atoms with Crippen LogP contribution in [0, 0.1) is 11.8 Å². The van der Waals surface area contributed by atoms with Crippen molar-refractivity contribution in [2.75, 3.05) is 37.7 Å². The summed E-state index contributed by atoms with van der Waals surface area (Å²) in [6.07, 6.45) is 3.59. The fraction of sp³-hybridized carbons (Fsp3) is 0.600. The van der Waals surface area contributed by atoms with E-state index in [9.17, 15) is 67.1 Å². The number of hydrogen-bond acceptors (Lipinski definition) is 20. The molecule has 0 saturated carbocycles. The van der Waals surface area contributed by atoms with Gasteiger partial charge < -0.3 is 71.8 Å². The number of rotatable bonds is 13. The molecule has 0 aliphatic carbocycles. The normalized spacial score (nSPS) is 28.9. The molecule has 10 N–H and O–H groups in total. The number of carbonyl (C=O) groups excluding carboxylic acids is 14. The van der Waals surface area contributed by atoms with E-state index in [4.69, 9.17) is 8.83 Å². The van der Waals surface area contributed by atoms with Gasteiger partial charge in [0.25, 0.3) is 23.6 Å². The minimum absolute atomic E-state index is 0.0591. The number of amides is 12. The molecular weight excluding hydrogens is 1120 g/mol. The van der Waals surface area contributed by atoms with Crippen LogP contribution in [0.3, 0.4) is 0 Å². The first-order valence-corrected chi connectivity index (χ1v) is 29.2. The Morgan fingerprint density at radius 2 is 0.915 bits per heavy atom. The van der Waals surface area contributed by atoms with Crippen molar-refractivity contribution in [2.45, 2.75) is 140 Å². The molecule has 6 heterocycles. The number of Topliss-reactive ketones (excluding diaryl/α,β-unsaturated/α-hetero) is 2. The van der Waals surface area contributed by atoms with Gasteiger partial charge in [0.1, 0.15) is 60.9 Å². The second-order valence-electron chi connectivity index (χ2n) is 20.4.